The maximum atomic E-state index is 8.75. The molecule has 2 aromatic heterocycles. The molecule has 0 spiro atoms. The van der Waals surface area contributed by atoms with Crippen molar-refractivity contribution in [3.05, 3.63) is 36.4 Å². The molecule has 2 heterocycles. The molecule has 6 nitrogen and oxygen atoms in total. The number of aliphatic hydroxyl groups excluding tert-OH is 1. The monoisotopic (exact) mass is 261 g/mol. The smallest absolute Gasteiger partial charge is 0.134 e. The molecule has 0 aromatic carbocycles. The topological polar surface area (TPSA) is 77.1 Å². The Hall–Kier alpha value is -2.08. The summed E-state index contributed by atoms with van der Waals surface area (Å²) in [6.07, 6.45) is 4.16. The van der Waals surface area contributed by atoms with E-state index in [1.807, 2.05) is 36.3 Å². The van der Waals surface area contributed by atoms with Crippen molar-refractivity contribution in [2.45, 2.75) is 13.0 Å². The summed E-state index contributed by atoms with van der Waals surface area (Å²) in [5, 5.41) is 11.9. The Morgan fingerprint density at radius 1 is 1.42 bits per heavy atom. The van der Waals surface area contributed by atoms with Crippen LogP contribution in [-0.2, 0) is 6.54 Å². The van der Waals surface area contributed by atoms with Gasteiger partial charge in [-0.05, 0) is 18.6 Å². The van der Waals surface area contributed by atoms with Crippen LogP contribution in [0.15, 0.2) is 30.7 Å². The predicted octanol–water partition coefficient (Wildman–Crippen LogP) is 1.24. The molecule has 0 amide bonds. The molecule has 102 valence electrons. The summed E-state index contributed by atoms with van der Waals surface area (Å²) in [4.78, 5) is 13.6. The number of aromatic nitrogens is 3. The van der Waals surface area contributed by atoms with Crippen molar-refractivity contribution in [3.63, 3.8) is 0 Å². The fraction of sp³-hybridized carbons (Fsp3) is 0.385. The van der Waals surface area contributed by atoms with Gasteiger partial charge in [-0.15, -0.1) is 0 Å². The zero-order valence-electron chi connectivity index (χ0n) is 11.0. The van der Waals surface area contributed by atoms with Crippen LogP contribution in [0.1, 0.15) is 12.1 Å². The third-order valence-electron chi connectivity index (χ3n) is 2.75. The minimum Gasteiger partial charge on any atom is -0.396 e. The molecule has 19 heavy (non-hydrogen) atoms. The molecule has 0 saturated heterocycles. The first-order valence-corrected chi connectivity index (χ1v) is 6.30. The molecular weight excluding hydrogens is 242 g/mol. The lowest BCUT2D eigenvalue weighted by molar-refractivity contribution is 0.292. The van der Waals surface area contributed by atoms with E-state index in [2.05, 4.69) is 20.3 Å². The summed E-state index contributed by atoms with van der Waals surface area (Å²) >= 11 is 0. The molecule has 0 saturated carbocycles. The van der Waals surface area contributed by atoms with Gasteiger partial charge in [-0.1, -0.05) is 0 Å². The number of nitrogens with zero attached hydrogens (tertiary/aromatic N) is 3. The van der Waals surface area contributed by atoms with Crippen molar-refractivity contribution in [2.75, 3.05) is 30.4 Å². The van der Waals surface area contributed by atoms with Crippen LogP contribution in [0.4, 0.5) is 11.6 Å². The number of hydrogen-bond donors (Lipinski definition) is 3. The van der Waals surface area contributed by atoms with Gasteiger partial charge in [0, 0.05) is 38.2 Å². The highest BCUT2D eigenvalue weighted by Gasteiger charge is 2.05. The highest BCUT2D eigenvalue weighted by atomic mass is 16.3. The van der Waals surface area contributed by atoms with Gasteiger partial charge in [0.05, 0.1) is 6.54 Å². The van der Waals surface area contributed by atoms with E-state index in [-0.39, 0.29) is 6.61 Å². The molecule has 0 aliphatic carbocycles. The second-order valence-electron chi connectivity index (χ2n) is 4.32. The van der Waals surface area contributed by atoms with E-state index in [9.17, 15) is 0 Å². The largest absolute Gasteiger partial charge is 0.396 e. The van der Waals surface area contributed by atoms with Crippen LogP contribution in [0.2, 0.25) is 0 Å². The maximum Gasteiger partial charge on any atom is 0.134 e. The minimum absolute atomic E-state index is 0.178. The highest BCUT2D eigenvalue weighted by molar-refractivity contribution is 5.48. The van der Waals surface area contributed by atoms with Crippen LogP contribution in [0.3, 0.4) is 0 Å². The zero-order chi connectivity index (χ0) is 13.5. The van der Waals surface area contributed by atoms with Gasteiger partial charge < -0.3 is 20.3 Å². The van der Waals surface area contributed by atoms with Gasteiger partial charge in [0.25, 0.3) is 0 Å². The second kappa shape index (κ2) is 6.75. The molecule has 0 fully saturated rings. The minimum atomic E-state index is 0.178. The van der Waals surface area contributed by atoms with E-state index in [4.69, 9.17) is 5.11 Å². The number of nitrogens with one attached hydrogen (secondary N) is 2. The zero-order valence-corrected chi connectivity index (χ0v) is 11.0. The van der Waals surface area contributed by atoms with E-state index < -0.39 is 0 Å². The van der Waals surface area contributed by atoms with E-state index in [1.54, 1.807) is 6.33 Å². The Kier molecular flexibility index (Phi) is 4.74. The summed E-state index contributed by atoms with van der Waals surface area (Å²) in [5.74, 6) is 1.63. The van der Waals surface area contributed by atoms with Crippen molar-refractivity contribution >= 4 is 11.6 Å². The molecule has 0 atom stereocenters. The van der Waals surface area contributed by atoms with Gasteiger partial charge in [0.15, 0.2) is 0 Å². The van der Waals surface area contributed by atoms with Crippen molar-refractivity contribution in [2.24, 2.45) is 0 Å². The van der Waals surface area contributed by atoms with Crippen LogP contribution in [0.25, 0.3) is 0 Å². The van der Waals surface area contributed by atoms with Crippen molar-refractivity contribution in [3.8, 4) is 0 Å². The van der Waals surface area contributed by atoms with Crippen molar-refractivity contribution in [1.29, 1.82) is 0 Å². The molecule has 2 rings (SSSR count). The van der Waals surface area contributed by atoms with Gasteiger partial charge in [-0.2, -0.15) is 0 Å². The average Bonchev–Trinajstić information content (AvgIpc) is 2.92. The van der Waals surface area contributed by atoms with Crippen molar-refractivity contribution in [1.82, 2.24) is 15.0 Å². The van der Waals surface area contributed by atoms with Crippen LogP contribution < -0.4 is 10.2 Å². The summed E-state index contributed by atoms with van der Waals surface area (Å²) < 4.78 is 0. The molecule has 6 heteroatoms. The average molecular weight is 261 g/mol. The Labute approximate surface area is 112 Å². The molecule has 0 aliphatic heterocycles. The fourth-order valence-corrected chi connectivity index (χ4v) is 1.75. The van der Waals surface area contributed by atoms with Crippen LogP contribution >= 0.6 is 0 Å². The summed E-state index contributed by atoms with van der Waals surface area (Å²) in [7, 11) is 1.99. The summed E-state index contributed by atoms with van der Waals surface area (Å²) in [6, 6.07) is 5.92. The van der Waals surface area contributed by atoms with Gasteiger partial charge >= 0.3 is 0 Å². The van der Waals surface area contributed by atoms with E-state index in [1.165, 1.54) is 0 Å². The summed E-state index contributed by atoms with van der Waals surface area (Å²) in [6.45, 7) is 1.64. The summed E-state index contributed by atoms with van der Waals surface area (Å²) in [5.41, 5.74) is 1.14. The third-order valence-corrected chi connectivity index (χ3v) is 2.75. The first kappa shape index (κ1) is 13.4. The Bertz CT molecular complexity index is 486. The SMILES string of the molecule is CN(Cc1ccc[nH]1)c1cc(NCCCO)ncn1. The second-order valence-corrected chi connectivity index (χ2v) is 4.32. The predicted molar refractivity (Wildman–Crippen MR) is 75.1 cm³/mol. The normalized spacial score (nSPS) is 10.4. The maximum absolute atomic E-state index is 8.75. The lowest BCUT2D eigenvalue weighted by Gasteiger charge is -2.17. The van der Waals surface area contributed by atoms with Crippen LogP contribution in [0.5, 0.6) is 0 Å². The molecule has 2 aromatic rings. The Morgan fingerprint density at radius 2 is 2.32 bits per heavy atom. The number of anilines is 2. The van der Waals surface area contributed by atoms with Crippen molar-refractivity contribution < 1.29 is 5.11 Å². The lowest BCUT2D eigenvalue weighted by atomic mass is 10.4. The van der Waals surface area contributed by atoms with Gasteiger partial charge in [-0.3, -0.25) is 0 Å². The fourth-order valence-electron chi connectivity index (χ4n) is 1.75. The molecule has 0 bridgehead atoms. The number of aromatic amines is 1. The molecular formula is C13H19N5O. The number of H-pyrrole nitrogens is 1. The van der Waals surface area contributed by atoms with E-state index in [0.717, 1.165) is 23.9 Å². The molecule has 3 N–H and O–H groups in total. The van der Waals surface area contributed by atoms with Gasteiger partial charge in [-0.25, -0.2) is 9.97 Å². The lowest BCUT2D eigenvalue weighted by Crippen LogP contribution is -2.18. The number of rotatable bonds is 7. The highest BCUT2D eigenvalue weighted by Crippen LogP contribution is 2.14. The quantitative estimate of drug-likeness (QED) is 0.654. The van der Waals surface area contributed by atoms with Crippen LogP contribution in [-0.4, -0.2) is 40.3 Å². The molecule has 0 aliphatic rings. The Morgan fingerprint density at radius 3 is 3.05 bits per heavy atom. The van der Waals surface area contributed by atoms with Gasteiger partial charge in [0.1, 0.15) is 18.0 Å². The van der Waals surface area contributed by atoms with Gasteiger partial charge in [0.2, 0.25) is 0 Å². The molecule has 0 radical (unpaired) electrons. The third kappa shape index (κ3) is 3.96. The first-order chi connectivity index (χ1) is 9.29. The Balaban J connectivity index is 1.97. The number of hydrogen-bond acceptors (Lipinski definition) is 5. The number of aliphatic hydroxyl groups is 1. The van der Waals surface area contributed by atoms with Crippen LogP contribution in [0, 0.1) is 0 Å². The molecule has 0 unspecified atom stereocenters. The first-order valence-electron chi connectivity index (χ1n) is 6.30. The van der Waals surface area contributed by atoms with E-state index in [0.29, 0.717) is 13.0 Å². The standard InChI is InChI=1S/C13H19N5O/c1-18(9-11-4-2-5-14-11)13-8-12(16-10-17-13)15-6-3-7-19/h2,4-5,8,10,14,19H,3,6-7,9H2,1H3,(H,15,16,17). The van der Waals surface area contributed by atoms with E-state index >= 15 is 0 Å².